The molecule has 4 rings (SSSR count). The number of anilines is 3. The van der Waals surface area contributed by atoms with Crippen molar-refractivity contribution in [1.29, 1.82) is 0 Å². The molecule has 2 aromatic rings. The molecule has 0 saturated heterocycles. The first-order valence-electron chi connectivity index (χ1n) is 13.8. The molecule has 0 spiro atoms. The molecule has 37 heavy (non-hydrogen) atoms. The van der Waals surface area contributed by atoms with Gasteiger partial charge in [0.15, 0.2) is 0 Å². The third-order valence-electron chi connectivity index (χ3n) is 6.73. The Labute approximate surface area is 219 Å². The maximum Gasteiger partial charge on any atom is 0.251 e. The molecule has 202 valence electrons. The highest BCUT2D eigenvalue weighted by Gasteiger charge is 2.19. The van der Waals surface area contributed by atoms with E-state index >= 15 is 0 Å². The molecule has 0 aliphatic heterocycles. The van der Waals surface area contributed by atoms with Crippen molar-refractivity contribution in [3.63, 3.8) is 0 Å². The van der Waals surface area contributed by atoms with E-state index in [-0.39, 0.29) is 5.91 Å². The Balaban J connectivity index is 1.12. The smallest absolute Gasteiger partial charge is 0.251 e. The van der Waals surface area contributed by atoms with E-state index in [4.69, 9.17) is 9.47 Å². The normalized spacial score (nSPS) is 16.4. The zero-order valence-corrected chi connectivity index (χ0v) is 21.7. The number of aromatic nitrogens is 3. The standard InChI is InChI=1S/C27H41N7O3/c35-24(21-9-3-1-4-10-21)28-15-17-36-19-20-37-18-16-29-25-32-26(30-22-11-5-2-6-12-22)34-27(33-25)31-23-13-7-8-14-23/h1,3-4,9-10,22-23H,2,5-8,11-20H2,(H,28,35)(H3,29,30,31,32,33,34). The second kappa shape index (κ2) is 15.3. The van der Waals surface area contributed by atoms with Crippen LogP contribution in [0.1, 0.15) is 68.1 Å². The number of carbonyl (C=O) groups is 1. The van der Waals surface area contributed by atoms with Crippen LogP contribution in [-0.2, 0) is 9.47 Å². The summed E-state index contributed by atoms with van der Waals surface area (Å²) < 4.78 is 11.2. The molecule has 4 N–H and O–H groups in total. The summed E-state index contributed by atoms with van der Waals surface area (Å²) in [6, 6.07) is 10.0. The van der Waals surface area contributed by atoms with E-state index in [0.717, 1.165) is 25.7 Å². The number of nitrogens with zero attached hydrogens (tertiary/aromatic N) is 3. The van der Waals surface area contributed by atoms with Crippen molar-refractivity contribution in [3.8, 4) is 0 Å². The molecule has 0 atom stereocenters. The molecule has 0 bridgehead atoms. The lowest BCUT2D eigenvalue weighted by molar-refractivity contribution is 0.0519. The van der Waals surface area contributed by atoms with Crippen molar-refractivity contribution in [2.75, 3.05) is 55.5 Å². The number of amides is 1. The SMILES string of the molecule is O=C(NCCOCCOCCNc1nc(NC2CCCCC2)nc(NC2CCCC2)n1)c1ccccc1. The number of hydrogen-bond donors (Lipinski definition) is 4. The fraction of sp³-hybridized carbons (Fsp3) is 0.630. The van der Waals surface area contributed by atoms with E-state index in [9.17, 15) is 4.79 Å². The van der Waals surface area contributed by atoms with Crippen LogP contribution in [0.3, 0.4) is 0 Å². The second-order valence-corrected chi connectivity index (χ2v) is 9.68. The molecule has 2 aliphatic rings. The zero-order valence-electron chi connectivity index (χ0n) is 21.7. The molecule has 10 heteroatoms. The highest BCUT2D eigenvalue weighted by atomic mass is 16.5. The topological polar surface area (TPSA) is 122 Å². The molecule has 0 radical (unpaired) electrons. The molecular weight excluding hydrogens is 470 g/mol. The first-order valence-corrected chi connectivity index (χ1v) is 13.8. The third-order valence-corrected chi connectivity index (χ3v) is 6.73. The Bertz CT molecular complexity index is 935. The monoisotopic (exact) mass is 511 g/mol. The molecule has 2 fully saturated rings. The maximum absolute atomic E-state index is 12.0. The molecule has 10 nitrogen and oxygen atoms in total. The summed E-state index contributed by atoms with van der Waals surface area (Å²) in [5.74, 6) is 1.74. The highest BCUT2D eigenvalue weighted by Crippen LogP contribution is 2.23. The minimum absolute atomic E-state index is 0.0939. The average Bonchev–Trinajstić information content (AvgIpc) is 3.43. The van der Waals surface area contributed by atoms with Gasteiger partial charge >= 0.3 is 0 Å². The van der Waals surface area contributed by atoms with Crippen molar-refractivity contribution in [2.45, 2.75) is 69.9 Å². The van der Waals surface area contributed by atoms with E-state index < -0.39 is 0 Å². The van der Waals surface area contributed by atoms with Crippen LogP contribution in [-0.4, -0.2) is 72.5 Å². The fourth-order valence-corrected chi connectivity index (χ4v) is 4.75. The van der Waals surface area contributed by atoms with Crippen LogP contribution in [0.25, 0.3) is 0 Å². The van der Waals surface area contributed by atoms with Gasteiger partial charge in [-0.15, -0.1) is 0 Å². The lowest BCUT2D eigenvalue weighted by Crippen LogP contribution is -2.27. The molecule has 1 aromatic heterocycles. The van der Waals surface area contributed by atoms with Gasteiger partial charge in [0.25, 0.3) is 5.91 Å². The quantitative estimate of drug-likeness (QED) is 0.264. The largest absolute Gasteiger partial charge is 0.377 e. The van der Waals surface area contributed by atoms with E-state index in [2.05, 4.69) is 36.2 Å². The van der Waals surface area contributed by atoms with Gasteiger partial charge in [0.1, 0.15) is 0 Å². The van der Waals surface area contributed by atoms with Crippen LogP contribution in [0.5, 0.6) is 0 Å². The predicted octanol–water partition coefficient (Wildman–Crippen LogP) is 3.85. The Hall–Kier alpha value is -2.98. The highest BCUT2D eigenvalue weighted by molar-refractivity contribution is 5.94. The summed E-state index contributed by atoms with van der Waals surface area (Å²) in [6.07, 6.45) is 11.0. The van der Waals surface area contributed by atoms with Gasteiger partial charge in [-0.25, -0.2) is 0 Å². The average molecular weight is 512 g/mol. The number of hydrogen-bond acceptors (Lipinski definition) is 9. The van der Waals surface area contributed by atoms with Crippen molar-refractivity contribution >= 4 is 23.8 Å². The predicted molar refractivity (Wildman–Crippen MR) is 145 cm³/mol. The van der Waals surface area contributed by atoms with Gasteiger partial charge in [-0.3, -0.25) is 4.79 Å². The van der Waals surface area contributed by atoms with Gasteiger partial charge in [-0.2, -0.15) is 15.0 Å². The summed E-state index contributed by atoms with van der Waals surface area (Å²) in [4.78, 5) is 25.8. The second-order valence-electron chi connectivity index (χ2n) is 9.68. The number of rotatable bonds is 15. The van der Waals surface area contributed by atoms with Crippen molar-refractivity contribution in [2.24, 2.45) is 0 Å². The summed E-state index contributed by atoms with van der Waals surface area (Å²) in [7, 11) is 0. The first-order chi connectivity index (χ1) is 18.3. The van der Waals surface area contributed by atoms with Gasteiger partial charge in [0.2, 0.25) is 17.8 Å². The van der Waals surface area contributed by atoms with Crippen LogP contribution < -0.4 is 21.3 Å². The van der Waals surface area contributed by atoms with Crippen molar-refractivity contribution in [3.05, 3.63) is 35.9 Å². The van der Waals surface area contributed by atoms with Crippen molar-refractivity contribution < 1.29 is 14.3 Å². The summed E-state index contributed by atoms with van der Waals surface area (Å²) in [6.45, 7) is 2.95. The minimum atomic E-state index is -0.0939. The zero-order chi connectivity index (χ0) is 25.5. The van der Waals surface area contributed by atoms with Crippen LogP contribution >= 0.6 is 0 Å². The first kappa shape index (κ1) is 27.1. The summed E-state index contributed by atoms with van der Waals surface area (Å²) in [5.41, 5.74) is 0.648. The van der Waals surface area contributed by atoms with Crippen molar-refractivity contribution in [1.82, 2.24) is 20.3 Å². The minimum Gasteiger partial charge on any atom is -0.377 e. The Morgan fingerprint density at radius 2 is 1.24 bits per heavy atom. The van der Waals surface area contributed by atoms with Gasteiger partial charge in [-0.1, -0.05) is 50.3 Å². The maximum atomic E-state index is 12.0. The molecule has 0 unspecified atom stereocenters. The lowest BCUT2D eigenvalue weighted by atomic mass is 9.96. The van der Waals surface area contributed by atoms with Gasteiger partial charge < -0.3 is 30.7 Å². The molecule has 2 aliphatic carbocycles. The number of ether oxygens (including phenoxy) is 2. The van der Waals surface area contributed by atoms with Crippen LogP contribution in [0.4, 0.5) is 17.8 Å². The Morgan fingerprint density at radius 1 is 0.703 bits per heavy atom. The number of benzene rings is 1. The van der Waals surface area contributed by atoms with Gasteiger partial charge in [-0.05, 0) is 37.8 Å². The summed E-state index contributed by atoms with van der Waals surface area (Å²) in [5, 5.41) is 13.1. The molecule has 1 amide bonds. The third kappa shape index (κ3) is 9.77. The lowest BCUT2D eigenvalue weighted by Gasteiger charge is -2.23. The van der Waals surface area contributed by atoms with E-state index in [0.29, 0.717) is 75.0 Å². The van der Waals surface area contributed by atoms with Crippen LogP contribution in [0, 0.1) is 0 Å². The van der Waals surface area contributed by atoms with Gasteiger partial charge in [0, 0.05) is 30.7 Å². The van der Waals surface area contributed by atoms with E-state index in [1.54, 1.807) is 12.1 Å². The molecule has 1 heterocycles. The Kier molecular flexibility index (Phi) is 11.2. The molecular formula is C27H41N7O3. The van der Waals surface area contributed by atoms with E-state index in [1.165, 1.54) is 32.1 Å². The Morgan fingerprint density at radius 3 is 1.86 bits per heavy atom. The van der Waals surface area contributed by atoms with Crippen LogP contribution in [0.2, 0.25) is 0 Å². The number of carbonyl (C=O) groups excluding carboxylic acids is 1. The molecule has 2 saturated carbocycles. The summed E-state index contributed by atoms with van der Waals surface area (Å²) >= 11 is 0. The van der Waals surface area contributed by atoms with Crippen LogP contribution in [0.15, 0.2) is 30.3 Å². The van der Waals surface area contributed by atoms with E-state index in [1.807, 2.05) is 18.2 Å². The fourth-order valence-electron chi connectivity index (χ4n) is 4.75. The number of nitrogens with one attached hydrogen (secondary N) is 4. The van der Waals surface area contributed by atoms with Gasteiger partial charge in [0.05, 0.1) is 26.4 Å². The molecule has 1 aromatic carbocycles.